The zero-order valence-corrected chi connectivity index (χ0v) is 18.9. The standard InChI is InChI=1S/C25H37N3O3/c1-17(2)19-8-10-21(11-9-19)24(30)27-22(16-18-6-4-3-5-7-18)25(31)28-14-12-20(13-15-28)23(26)29/h3-7,17,19-22H,8-16H2,1-2H3,(H2,26,29)(H,27,30)/t19?,21?,22-/m1/s1. The molecule has 6 nitrogen and oxygen atoms in total. The number of primary amides is 1. The molecule has 1 saturated carbocycles. The van der Waals surface area contributed by atoms with E-state index >= 15 is 0 Å². The summed E-state index contributed by atoms with van der Waals surface area (Å²) >= 11 is 0. The molecule has 170 valence electrons. The highest BCUT2D eigenvalue weighted by Crippen LogP contribution is 2.33. The molecule has 0 unspecified atom stereocenters. The van der Waals surface area contributed by atoms with Crippen LogP contribution >= 0.6 is 0 Å². The molecule has 0 radical (unpaired) electrons. The molecule has 6 heteroatoms. The van der Waals surface area contributed by atoms with Gasteiger partial charge in [-0.25, -0.2) is 0 Å². The third-order valence-electron chi connectivity index (χ3n) is 7.19. The molecule has 3 amide bonds. The molecule has 1 heterocycles. The first-order valence-corrected chi connectivity index (χ1v) is 11.8. The second-order valence-corrected chi connectivity index (χ2v) is 9.61. The average Bonchev–Trinajstić information content (AvgIpc) is 2.79. The van der Waals surface area contributed by atoms with Gasteiger partial charge in [0.25, 0.3) is 0 Å². The Morgan fingerprint density at radius 1 is 0.968 bits per heavy atom. The van der Waals surface area contributed by atoms with Crippen LogP contribution in [0.3, 0.4) is 0 Å². The molecule has 1 aromatic carbocycles. The third-order valence-corrected chi connectivity index (χ3v) is 7.19. The number of rotatable bonds is 7. The van der Waals surface area contributed by atoms with Crippen LogP contribution < -0.4 is 11.1 Å². The minimum atomic E-state index is -0.581. The van der Waals surface area contributed by atoms with E-state index < -0.39 is 6.04 Å². The van der Waals surface area contributed by atoms with E-state index in [-0.39, 0.29) is 29.6 Å². The van der Waals surface area contributed by atoms with Crippen LogP contribution in [0.15, 0.2) is 30.3 Å². The number of hydrogen-bond acceptors (Lipinski definition) is 3. The molecular weight excluding hydrogens is 390 g/mol. The highest BCUT2D eigenvalue weighted by molar-refractivity contribution is 5.89. The number of carbonyl (C=O) groups excluding carboxylic acids is 3. The van der Waals surface area contributed by atoms with Crippen molar-refractivity contribution in [2.45, 2.75) is 64.8 Å². The van der Waals surface area contributed by atoms with Crippen molar-refractivity contribution in [2.24, 2.45) is 29.4 Å². The molecule has 1 saturated heterocycles. The summed E-state index contributed by atoms with van der Waals surface area (Å²) in [7, 11) is 0. The van der Waals surface area contributed by atoms with Crippen molar-refractivity contribution in [1.82, 2.24) is 10.2 Å². The summed E-state index contributed by atoms with van der Waals surface area (Å²) < 4.78 is 0. The van der Waals surface area contributed by atoms with E-state index in [4.69, 9.17) is 5.73 Å². The monoisotopic (exact) mass is 427 g/mol. The second kappa shape index (κ2) is 10.8. The third kappa shape index (κ3) is 6.31. The molecule has 3 rings (SSSR count). The van der Waals surface area contributed by atoms with Crippen LogP contribution in [0.2, 0.25) is 0 Å². The van der Waals surface area contributed by atoms with Gasteiger partial charge < -0.3 is 16.0 Å². The highest BCUT2D eigenvalue weighted by Gasteiger charge is 2.33. The lowest BCUT2D eigenvalue weighted by Crippen LogP contribution is -2.53. The molecule has 2 fully saturated rings. The van der Waals surface area contributed by atoms with Crippen molar-refractivity contribution < 1.29 is 14.4 Å². The Bertz CT molecular complexity index is 749. The van der Waals surface area contributed by atoms with Crippen LogP contribution in [-0.4, -0.2) is 41.8 Å². The number of likely N-dealkylation sites (tertiary alicyclic amines) is 1. The van der Waals surface area contributed by atoms with Gasteiger partial charge in [-0.15, -0.1) is 0 Å². The zero-order valence-electron chi connectivity index (χ0n) is 18.9. The van der Waals surface area contributed by atoms with Gasteiger partial charge in [0.2, 0.25) is 17.7 Å². The number of benzene rings is 1. The minimum absolute atomic E-state index is 0.00325. The fourth-order valence-electron chi connectivity index (χ4n) is 4.99. The summed E-state index contributed by atoms with van der Waals surface area (Å²) in [6, 6.07) is 9.23. The first-order valence-electron chi connectivity index (χ1n) is 11.8. The van der Waals surface area contributed by atoms with Crippen molar-refractivity contribution in [2.75, 3.05) is 13.1 Å². The summed E-state index contributed by atoms with van der Waals surface area (Å²) in [5.74, 6) is 0.818. The molecule has 31 heavy (non-hydrogen) atoms. The molecule has 1 aliphatic carbocycles. The lowest BCUT2D eigenvalue weighted by Gasteiger charge is -2.35. The molecule has 0 aromatic heterocycles. The largest absolute Gasteiger partial charge is 0.369 e. The van der Waals surface area contributed by atoms with E-state index in [9.17, 15) is 14.4 Å². The topological polar surface area (TPSA) is 92.5 Å². The fourth-order valence-corrected chi connectivity index (χ4v) is 4.99. The molecule has 0 bridgehead atoms. The normalized spacial score (nSPS) is 23.4. The van der Waals surface area contributed by atoms with E-state index in [0.29, 0.717) is 44.2 Å². The number of nitrogens with two attached hydrogens (primary N) is 1. The average molecular weight is 428 g/mol. The first-order chi connectivity index (χ1) is 14.8. The predicted molar refractivity (Wildman–Crippen MR) is 121 cm³/mol. The van der Waals surface area contributed by atoms with Crippen LogP contribution in [-0.2, 0) is 20.8 Å². The van der Waals surface area contributed by atoms with Crippen LogP contribution in [0.25, 0.3) is 0 Å². The molecule has 0 spiro atoms. The van der Waals surface area contributed by atoms with Gasteiger partial charge in [0.1, 0.15) is 6.04 Å². The Morgan fingerprint density at radius 2 is 1.58 bits per heavy atom. The number of amides is 3. The molecule has 1 atom stereocenters. The van der Waals surface area contributed by atoms with Gasteiger partial charge in [-0.1, -0.05) is 44.2 Å². The summed E-state index contributed by atoms with van der Waals surface area (Å²) in [5, 5.41) is 3.09. The maximum atomic E-state index is 13.3. The first kappa shape index (κ1) is 23.3. The van der Waals surface area contributed by atoms with Gasteiger partial charge in [-0.05, 0) is 55.9 Å². The summed E-state index contributed by atoms with van der Waals surface area (Å²) in [5.41, 5.74) is 6.45. The molecular formula is C25H37N3O3. The number of nitrogens with zero attached hydrogens (tertiary/aromatic N) is 1. The van der Waals surface area contributed by atoms with E-state index in [1.165, 1.54) is 0 Å². The fraction of sp³-hybridized carbons (Fsp3) is 0.640. The Morgan fingerprint density at radius 3 is 2.13 bits per heavy atom. The van der Waals surface area contributed by atoms with Crippen molar-refractivity contribution in [1.29, 1.82) is 0 Å². The lowest BCUT2D eigenvalue weighted by atomic mass is 9.76. The van der Waals surface area contributed by atoms with E-state index in [0.717, 1.165) is 31.2 Å². The van der Waals surface area contributed by atoms with E-state index in [1.807, 2.05) is 30.3 Å². The Kier molecular flexibility index (Phi) is 8.10. The Hall–Kier alpha value is -2.37. The van der Waals surface area contributed by atoms with Gasteiger partial charge in [-0.3, -0.25) is 14.4 Å². The van der Waals surface area contributed by atoms with E-state index in [1.54, 1.807) is 4.90 Å². The zero-order chi connectivity index (χ0) is 22.4. The molecule has 3 N–H and O–H groups in total. The van der Waals surface area contributed by atoms with Crippen molar-refractivity contribution >= 4 is 17.7 Å². The summed E-state index contributed by atoms with van der Waals surface area (Å²) in [6.45, 7) is 5.52. The minimum Gasteiger partial charge on any atom is -0.369 e. The lowest BCUT2D eigenvalue weighted by molar-refractivity contribution is -0.139. The van der Waals surface area contributed by atoms with Crippen LogP contribution in [0.5, 0.6) is 0 Å². The smallest absolute Gasteiger partial charge is 0.245 e. The van der Waals surface area contributed by atoms with Crippen LogP contribution in [0.1, 0.15) is 57.9 Å². The van der Waals surface area contributed by atoms with Crippen molar-refractivity contribution in [3.63, 3.8) is 0 Å². The van der Waals surface area contributed by atoms with Crippen LogP contribution in [0.4, 0.5) is 0 Å². The number of hydrogen-bond donors (Lipinski definition) is 2. The van der Waals surface area contributed by atoms with Crippen molar-refractivity contribution in [3.8, 4) is 0 Å². The van der Waals surface area contributed by atoms with Gasteiger partial charge in [0.15, 0.2) is 0 Å². The quantitative estimate of drug-likeness (QED) is 0.701. The number of piperidine rings is 1. The van der Waals surface area contributed by atoms with Gasteiger partial charge >= 0.3 is 0 Å². The Balaban J connectivity index is 1.64. The van der Waals surface area contributed by atoms with Gasteiger partial charge in [0.05, 0.1) is 0 Å². The van der Waals surface area contributed by atoms with Crippen molar-refractivity contribution in [3.05, 3.63) is 35.9 Å². The van der Waals surface area contributed by atoms with Gasteiger partial charge in [-0.2, -0.15) is 0 Å². The molecule has 1 aromatic rings. The summed E-state index contributed by atoms with van der Waals surface area (Å²) in [4.78, 5) is 39.6. The maximum Gasteiger partial charge on any atom is 0.245 e. The predicted octanol–water partition coefficient (Wildman–Crippen LogP) is 2.90. The molecule has 2 aliphatic rings. The maximum absolute atomic E-state index is 13.3. The van der Waals surface area contributed by atoms with Gasteiger partial charge in [0, 0.05) is 31.3 Å². The molecule has 1 aliphatic heterocycles. The second-order valence-electron chi connectivity index (χ2n) is 9.61. The van der Waals surface area contributed by atoms with Crippen LogP contribution in [0, 0.1) is 23.7 Å². The number of carbonyl (C=O) groups is 3. The summed E-state index contributed by atoms with van der Waals surface area (Å²) in [6.07, 6.45) is 5.60. The number of nitrogens with one attached hydrogen (secondary N) is 1. The SMILES string of the molecule is CC(C)C1CCC(C(=O)N[C@H](Cc2ccccc2)C(=O)N2CCC(C(N)=O)CC2)CC1. The highest BCUT2D eigenvalue weighted by atomic mass is 16.2. The van der Waals surface area contributed by atoms with E-state index in [2.05, 4.69) is 19.2 Å². The Labute approximate surface area is 185 Å².